The Morgan fingerprint density at radius 2 is 2.00 bits per heavy atom. The van der Waals surface area contributed by atoms with Gasteiger partial charge in [-0.3, -0.25) is 0 Å². The second kappa shape index (κ2) is 4.71. The van der Waals surface area contributed by atoms with Gasteiger partial charge in [-0.05, 0) is 32.9 Å². The van der Waals surface area contributed by atoms with Crippen molar-refractivity contribution >= 4 is 33.5 Å². The fraction of sp³-hybridized carbons (Fsp3) is 0.364. The zero-order chi connectivity index (χ0) is 11.6. The van der Waals surface area contributed by atoms with Gasteiger partial charge in [0, 0.05) is 17.5 Å². The summed E-state index contributed by atoms with van der Waals surface area (Å²) in [6.07, 6.45) is 0. The molecule has 0 spiro atoms. The van der Waals surface area contributed by atoms with Crippen LogP contribution in [0.3, 0.4) is 0 Å². The summed E-state index contributed by atoms with van der Waals surface area (Å²) in [5.41, 5.74) is 4.32. The van der Waals surface area contributed by atoms with Crippen LogP contribution in [0.1, 0.15) is 20.8 Å². The van der Waals surface area contributed by atoms with Gasteiger partial charge < -0.3 is 0 Å². The van der Waals surface area contributed by atoms with E-state index in [2.05, 4.69) is 42.1 Å². The molecule has 0 atom stereocenters. The molecule has 3 nitrogen and oxygen atoms in total. The van der Waals surface area contributed by atoms with Crippen molar-refractivity contribution in [3.8, 4) is 0 Å². The number of fused-ring (bicyclic) bond motifs is 1. The number of aromatic nitrogens is 1. The Morgan fingerprint density at radius 3 is 2.69 bits per heavy atom. The van der Waals surface area contributed by atoms with Crippen LogP contribution in [0.2, 0.25) is 0 Å². The standard InChI is InChI=1S/C11H15N3S2/c1-11(2,3)13-14-16-10-12-8-6-4-5-7-9(8)15-10/h4-7,13-14H,1-3H3. The average molecular weight is 253 g/mol. The van der Waals surface area contributed by atoms with Gasteiger partial charge in [0.1, 0.15) is 0 Å². The lowest BCUT2D eigenvalue weighted by Gasteiger charge is -2.19. The van der Waals surface area contributed by atoms with E-state index in [1.807, 2.05) is 18.2 Å². The molecule has 2 rings (SSSR count). The largest absolute Gasteiger partial charge is 0.242 e. The van der Waals surface area contributed by atoms with Crippen LogP contribution in [0, 0.1) is 0 Å². The number of hydrogen-bond donors (Lipinski definition) is 2. The molecule has 0 bridgehead atoms. The first kappa shape index (κ1) is 11.9. The lowest BCUT2D eigenvalue weighted by Crippen LogP contribution is -2.42. The van der Waals surface area contributed by atoms with Gasteiger partial charge in [0.2, 0.25) is 0 Å². The Kier molecular flexibility index (Phi) is 3.49. The number of para-hydroxylation sites is 1. The number of hydrogen-bond acceptors (Lipinski definition) is 5. The molecule has 2 N–H and O–H groups in total. The van der Waals surface area contributed by atoms with Crippen molar-refractivity contribution in [2.75, 3.05) is 0 Å². The van der Waals surface area contributed by atoms with Gasteiger partial charge >= 0.3 is 0 Å². The Labute approximate surface area is 104 Å². The lowest BCUT2D eigenvalue weighted by atomic mass is 10.1. The zero-order valence-electron chi connectivity index (χ0n) is 9.57. The topological polar surface area (TPSA) is 37.0 Å². The molecule has 0 saturated carbocycles. The average Bonchev–Trinajstić information content (AvgIpc) is 2.57. The summed E-state index contributed by atoms with van der Waals surface area (Å²) in [7, 11) is 0. The number of hydrazine groups is 1. The van der Waals surface area contributed by atoms with Gasteiger partial charge in [0.05, 0.1) is 10.2 Å². The van der Waals surface area contributed by atoms with Gasteiger partial charge in [-0.2, -0.15) is 4.83 Å². The number of nitrogens with zero attached hydrogens (tertiary/aromatic N) is 1. The molecule has 0 amide bonds. The normalized spacial score (nSPS) is 12.2. The first-order chi connectivity index (χ1) is 7.54. The summed E-state index contributed by atoms with van der Waals surface area (Å²) in [5, 5.41) is 0. The van der Waals surface area contributed by atoms with Crippen molar-refractivity contribution in [1.82, 2.24) is 15.2 Å². The van der Waals surface area contributed by atoms with E-state index in [0.717, 1.165) is 9.86 Å². The fourth-order valence-corrected chi connectivity index (χ4v) is 2.96. The minimum Gasteiger partial charge on any atom is -0.242 e. The molecule has 86 valence electrons. The summed E-state index contributed by atoms with van der Waals surface area (Å²) >= 11 is 3.22. The predicted octanol–water partition coefficient (Wildman–Crippen LogP) is 3.20. The Balaban J connectivity index is 2.00. The molecule has 1 heterocycles. The molecule has 0 aliphatic heterocycles. The summed E-state index contributed by atoms with van der Waals surface area (Å²) in [6.45, 7) is 6.33. The van der Waals surface area contributed by atoms with E-state index < -0.39 is 0 Å². The number of rotatable bonds is 3. The van der Waals surface area contributed by atoms with Gasteiger partial charge in [0.25, 0.3) is 0 Å². The van der Waals surface area contributed by atoms with E-state index in [0.29, 0.717) is 0 Å². The van der Waals surface area contributed by atoms with Crippen molar-refractivity contribution in [2.24, 2.45) is 0 Å². The van der Waals surface area contributed by atoms with Crippen molar-refractivity contribution < 1.29 is 0 Å². The van der Waals surface area contributed by atoms with Crippen LogP contribution in [-0.4, -0.2) is 10.5 Å². The smallest absolute Gasteiger partial charge is 0.167 e. The predicted molar refractivity (Wildman–Crippen MR) is 71.5 cm³/mol. The molecular formula is C11H15N3S2. The summed E-state index contributed by atoms with van der Waals surface area (Å²) in [4.78, 5) is 7.63. The van der Waals surface area contributed by atoms with E-state index in [9.17, 15) is 0 Å². The van der Waals surface area contributed by atoms with Crippen LogP contribution in [0.15, 0.2) is 28.6 Å². The summed E-state index contributed by atoms with van der Waals surface area (Å²) < 4.78 is 2.25. The molecule has 16 heavy (non-hydrogen) atoms. The first-order valence-electron chi connectivity index (χ1n) is 5.09. The molecular weight excluding hydrogens is 238 g/mol. The van der Waals surface area contributed by atoms with Crippen molar-refractivity contribution in [3.63, 3.8) is 0 Å². The Morgan fingerprint density at radius 1 is 1.25 bits per heavy atom. The van der Waals surface area contributed by atoms with Crippen LogP contribution in [0.4, 0.5) is 0 Å². The Hall–Kier alpha value is -0.620. The fourth-order valence-electron chi connectivity index (χ4n) is 1.12. The van der Waals surface area contributed by atoms with Gasteiger partial charge in [-0.1, -0.05) is 12.1 Å². The number of benzene rings is 1. The molecule has 0 aliphatic rings. The maximum atomic E-state index is 4.51. The van der Waals surface area contributed by atoms with E-state index >= 15 is 0 Å². The second-order valence-corrected chi connectivity index (χ2v) is 6.61. The highest BCUT2D eigenvalue weighted by molar-refractivity contribution is 7.99. The SMILES string of the molecule is CC(C)(C)NNSc1nc2ccccc2s1. The summed E-state index contributed by atoms with van der Waals surface area (Å²) in [6, 6.07) is 8.18. The van der Waals surface area contributed by atoms with Crippen LogP contribution in [0.5, 0.6) is 0 Å². The van der Waals surface area contributed by atoms with E-state index in [1.165, 1.54) is 16.6 Å². The van der Waals surface area contributed by atoms with Crippen molar-refractivity contribution in [2.45, 2.75) is 30.6 Å². The first-order valence-corrected chi connectivity index (χ1v) is 6.72. The zero-order valence-corrected chi connectivity index (χ0v) is 11.2. The molecule has 5 heteroatoms. The van der Waals surface area contributed by atoms with E-state index in [4.69, 9.17) is 0 Å². The summed E-state index contributed by atoms with van der Waals surface area (Å²) in [5.74, 6) is 0. The third-order valence-electron chi connectivity index (χ3n) is 1.84. The minimum atomic E-state index is 0.0592. The van der Waals surface area contributed by atoms with Crippen LogP contribution in [0.25, 0.3) is 10.2 Å². The van der Waals surface area contributed by atoms with Crippen molar-refractivity contribution in [3.05, 3.63) is 24.3 Å². The monoisotopic (exact) mass is 253 g/mol. The number of thiazole rings is 1. The van der Waals surface area contributed by atoms with Crippen molar-refractivity contribution in [1.29, 1.82) is 0 Å². The maximum Gasteiger partial charge on any atom is 0.167 e. The highest BCUT2D eigenvalue weighted by Crippen LogP contribution is 2.27. The lowest BCUT2D eigenvalue weighted by molar-refractivity contribution is 0.416. The van der Waals surface area contributed by atoms with Crippen LogP contribution < -0.4 is 10.3 Å². The molecule has 0 fully saturated rings. The highest BCUT2D eigenvalue weighted by Gasteiger charge is 2.09. The molecule has 2 aromatic rings. The second-order valence-electron chi connectivity index (χ2n) is 4.53. The maximum absolute atomic E-state index is 4.51. The minimum absolute atomic E-state index is 0.0592. The molecule has 0 saturated heterocycles. The molecule has 0 radical (unpaired) electrons. The van der Waals surface area contributed by atoms with Crippen LogP contribution >= 0.6 is 23.3 Å². The quantitative estimate of drug-likeness (QED) is 0.650. The van der Waals surface area contributed by atoms with E-state index in [-0.39, 0.29) is 5.54 Å². The van der Waals surface area contributed by atoms with Gasteiger partial charge in [0.15, 0.2) is 4.34 Å². The molecule has 1 aromatic carbocycles. The third-order valence-corrected chi connectivity index (χ3v) is 3.64. The molecule has 0 aliphatic carbocycles. The van der Waals surface area contributed by atoms with Gasteiger partial charge in [-0.15, -0.1) is 11.3 Å². The highest BCUT2D eigenvalue weighted by atomic mass is 32.2. The number of nitrogens with one attached hydrogen (secondary N) is 2. The van der Waals surface area contributed by atoms with E-state index in [1.54, 1.807) is 11.3 Å². The molecule has 1 aromatic heterocycles. The Bertz CT molecular complexity index is 440. The van der Waals surface area contributed by atoms with Gasteiger partial charge in [-0.25, -0.2) is 10.4 Å². The third kappa shape index (κ3) is 3.18. The molecule has 0 unspecified atom stereocenters. The van der Waals surface area contributed by atoms with Crippen LogP contribution in [-0.2, 0) is 0 Å².